The quantitative estimate of drug-likeness (QED) is 0.888. The zero-order valence-corrected chi connectivity index (χ0v) is 11.2. The second-order valence-electron chi connectivity index (χ2n) is 5.29. The first kappa shape index (κ1) is 13.8. The van der Waals surface area contributed by atoms with Crippen molar-refractivity contribution < 1.29 is 14.3 Å². The summed E-state index contributed by atoms with van der Waals surface area (Å²) >= 11 is 0. The van der Waals surface area contributed by atoms with Crippen LogP contribution in [0.3, 0.4) is 0 Å². The normalized spacial score (nSPS) is 17.4. The summed E-state index contributed by atoms with van der Waals surface area (Å²) in [5.74, 6) is -1.01. The molecule has 3 nitrogen and oxygen atoms in total. The van der Waals surface area contributed by atoms with Crippen molar-refractivity contribution in [1.29, 1.82) is 0 Å². The molecule has 1 aromatic rings. The molecule has 1 saturated carbocycles. The van der Waals surface area contributed by atoms with Crippen molar-refractivity contribution in [2.75, 3.05) is 18.0 Å². The second kappa shape index (κ2) is 5.59. The molecule has 104 valence electrons. The first-order valence-corrected chi connectivity index (χ1v) is 6.81. The van der Waals surface area contributed by atoms with Crippen molar-refractivity contribution >= 4 is 11.7 Å². The number of carboxylic acid groups (broad SMARTS) is 1. The first-order valence-electron chi connectivity index (χ1n) is 6.81. The third kappa shape index (κ3) is 2.88. The molecule has 4 heteroatoms. The number of halogens is 1. The fourth-order valence-corrected chi connectivity index (χ4v) is 2.92. The van der Waals surface area contributed by atoms with Gasteiger partial charge >= 0.3 is 5.97 Å². The van der Waals surface area contributed by atoms with Crippen molar-refractivity contribution in [2.24, 2.45) is 5.41 Å². The molecule has 0 radical (unpaired) electrons. The van der Waals surface area contributed by atoms with Gasteiger partial charge in [-0.1, -0.05) is 18.9 Å². The van der Waals surface area contributed by atoms with Gasteiger partial charge in [0.1, 0.15) is 5.82 Å². The fraction of sp³-hybridized carbons (Fsp3) is 0.533. The van der Waals surface area contributed by atoms with Gasteiger partial charge in [0, 0.05) is 18.8 Å². The van der Waals surface area contributed by atoms with Gasteiger partial charge in [-0.15, -0.1) is 0 Å². The molecular formula is C15H20FNO2. The Bertz CT molecular complexity index is 455. The van der Waals surface area contributed by atoms with Gasteiger partial charge in [0.05, 0.1) is 5.41 Å². The highest BCUT2D eigenvalue weighted by molar-refractivity contribution is 5.76. The van der Waals surface area contributed by atoms with E-state index < -0.39 is 11.4 Å². The lowest BCUT2D eigenvalue weighted by atomic mass is 9.85. The van der Waals surface area contributed by atoms with Crippen LogP contribution in [0.15, 0.2) is 24.3 Å². The predicted molar refractivity (Wildman–Crippen MR) is 72.8 cm³/mol. The van der Waals surface area contributed by atoms with Crippen LogP contribution >= 0.6 is 0 Å². The third-order valence-electron chi connectivity index (χ3n) is 4.06. The summed E-state index contributed by atoms with van der Waals surface area (Å²) in [5, 5.41) is 9.51. The van der Waals surface area contributed by atoms with E-state index in [1.165, 1.54) is 12.1 Å². The maximum Gasteiger partial charge on any atom is 0.311 e. The summed E-state index contributed by atoms with van der Waals surface area (Å²) < 4.78 is 13.3. The lowest BCUT2D eigenvalue weighted by molar-refractivity contribution is -0.148. The van der Waals surface area contributed by atoms with Gasteiger partial charge in [-0.2, -0.15) is 0 Å². The minimum absolute atomic E-state index is 0.285. The number of aliphatic carboxylic acids is 1. The van der Waals surface area contributed by atoms with E-state index in [2.05, 4.69) is 0 Å². The average Bonchev–Trinajstić information content (AvgIpc) is 2.86. The molecule has 1 aliphatic carbocycles. The number of hydrogen-bond donors (Lipinski definition) is 1. The van der Waals surface area contributed by atoms with E-state index in [0.29, 0.717) is 25.9 Å². The van der Waals surface area contributed by atoms with Crippen LogP contribution < -0.4 is 4.90 Å². The Balaban J connectivity index is 2.21. The zero-order valence-electron chi connectivity index (χ0n) is 11.2. The molecule has 1 fully saturated rings. The number of hydrogen-bond acceptors (Lipinski definition) is 2. The molecule has 0 atom stereocenters. The van der Waals surface area contributed by atoms with E-state index >= 15 is 0 Å². The SMILES string of the molecule is CCN(CC1(C(=O)O)CCCC1)c1cccc(F)c1. The smallest absolute Gasteiger partial charge is 0.311 e. The molecule has 0 aromatic heterocycles. The molecule has 0 saturated heterocycles. The van der Waals surface area contributed by atoms with Crippen LogP contribution in [-0.4, -0.2) is 24.2 Å². The van der Waals surface area contributed by atoms with Crippen LogP contribution in [0, 0.1) is 11.2 Å². The summed E-state index contributed by atoms with van der Waals surface area (Å²) in [7, 11) is 0. The van der Waals surface area contributed by atoms with E-state index in [0.717, 1.165) is 18.5 Å². The fourth-order valence-electron chi connectivity index (χ4n) is 2.92. The predicted octanol–water partition coefficient (Wildman–Crippen LogP) is 3.30. The molecule has 0 amide bonds. The summed E-state index contributed by atoms with van der Waals surface area (Å²) in [6.07, 6.45) is 3.36. The van der Waals surface area contributed by atoms with Crippen LogP contribution in [0.4, 0.5) is 10.1 Å². The number of benzene rings is 1. The molecule has 1 N–H and O–H groups in total. The number of carbonyl (C=O) groups is 1. The van der Waals surface area contributed by atoms with Crippen molar-refractivity contribution in [3.05, 3.63) is 30.1 Å². The van der Waals surface area contributed by atoms with Gasteiger partial charge < -0.3 is 10.0 Å². The summed E-state index contributed by atoms with van der Waals surface area (Å²) in [6.45, 7) is 3.11. The Kier molecular flexibility index (Phi) is 4.08. The Labute approximate surface area is 113 Å². The molecular weight excluding hydrogens is 245 g/mol. The van der Waals surface area contributed by atoms with Gasteiger partial charge in [-0.25, -0.2) is 4.39 Å². The van der Waals surface area contributed by atoms with Gasteiger partial charge in [-0.05, 0) is 38.0 Å². The maximum absolute atomic E-state index is 13.3. The summed E-state index contributed by atoms with van der Waals surface area (Å²) in [4.78, 5) is 13.5. The molecule has 0 unspecified atom stereocenters. The molecule has 1 aliphatic rings. The lowest BCUT2D eigenvalue weighted by Gasteiger charge is -2.33. The maximum atomic E-state index is 13.3. The van der Waals surface area contributed by atoms with Crippen molar-refractivity contribution in [2.45, 2.75) is 32.6 Å². The molecule has 1 aromatic carbocycles. The van der Waals surface area contributed by atoms with Crippen LogP contribution in [0.5, 0.6) is 0 Å². The van der Waals surface area contributed by atoms with E-state index in [4.69, 9.17) is 0 Å². The van der Waals surface area contributed by atoms with Crippen molar-refractivity contribution in [3.8, 4) is 0 Å². The Morgan fingerprint density at radius 1 is 1.42 bits per heavy atom. The molecule has 0 bridgehead atoms. The highest BCUT2D eigenvalue weighted by Crippen LogP contribution is 2.39. The average molecular weight is 265 g/mol. The number of carboxylic acids is 1. The number of anilines is 1. The molecule has 2 rings (SSSR count). The van der Waals surface area contributed by atoms with Crippen LogP contribution in [0.1, 0.15) is 32.6 Å². The largest absolute Gasteiger partial charge is 0.481 e. The van der Waals surface area contributed by atoms with Crippen LogP contribution in [0.25, 0.3) is 0 Å². The van der Waals surface area contributed by atoms with Crippen LogP contribution in [-0.2, 0) is 4.79 Å². The van der Waals surface area contributed by atoms with Crippen molar-refractivity contribution in [3.63, 3.8) is 0 Å². The van der Waals surface area contributed by atoms with E-state index in [1.54, 1.807) is 6.07 Å². The molecule has 0 aliphatic heterocycles. The third-order valence-corrected chi connectivity index (χ3v) is 4.06. The zero-order chi connectivity index (χ0) is 13.9. The Morgan fingerprint density at radius 3 is 2.63 bits per heavy atom. The Morgan fingerprint density at radius 2 is 2.11 bits per heavy atom. The van der Waals surface area contributed by atoms with Crippen molar-refractivity contribution in [1.82, 2.24) is 0 Å². The summed E-state index contributed by atoms with van der Waals surface area (Å²) in [5.41, 5.74) is 0.0949. The monoisotopic (exact) mass is 265 g/mol. The van der Waals surface area contributed by atoms with Gasteiger partial charge in [0.2, 0.25) is 0 Å². The Hall–Kier alpha value is -1.58. The molecule has 19 heavy (non-hydrogen) atoms. The first-order chi connectivity index (χ1) is 9.07. The van der Waals surface area contributed by atoms with E-state index in [9.17, 15) is 14.3 Å². The molecule has 0 heterocycles. The van der Waals surface area contributed by atoms with Gasteiger partial charge in [-0.3, -0.25) is 4.79 Å². The van der Waals surface area contributed by atoms with Gasteiger partial charge in [0.25, 0.3) is 0 Å². The van der Waals surface area contributed by atoms with Gasteiger partial charge in [0.15, 0.2) is 0 Å². The van der Waals surface area contributed by atoms with E-state index in [1.807, 2.05) is 17.9 Å². The number of rotatable bonds is 5. The second-order valence-corrected chi connectivity index (χ2v) is 5.29. The highest BCUT2D eigenvalue weighted by Gasteiger charge is 2.42. The minimum atomic E-state index is -0.722. The minimum Gasteiger partial charge on any atom is -0.481 e. The number of nitrogens with zero attached hydrogens (tertiary/aromatic N) is 1. The topological polar surface area (TPSA) is 40.5 Å². The molecule has 0 spiro atoms. The summed E-state index contributed by atoms with van der Waals surface area (Å²) in [6, 6.07) is 6.36. The lowest BCUT2D eigenvalue weighted by Crippen LogP contribution is -2.41. The van der Waals surface area contributed by atoms with E-state index in [-0.39, 0.29) is 5.82 Å². The standard InChI is InChI=1S/C15H20FNO2/c1-2-17(13-7-5-6-12(16)10-13)11-15(14(18)19)8-3-4-9-15/h5-7,10H,2-4,8-9,11H2,1H3,(H,18,19). The highest BCUT2D eigenvalue weighted by atomic mass is 19.1. The van der Waals surface area contributed by atoms with Crippen LogP contribution in [0.2, 0.25) is 0 Å².